The molecule has 1 amide bonds. The smallest absolute Gasteiger partial charge is 0.258 e. The topological polar surface area (TPSA) is 64.6 Å². The number of rotatable bonds is 9. The van der Waals surface area contributed by atoms with Gasteiger partial charge in [-0.3, -0.25) is 9.59 Å². The Kier molecular flexibility index (Phi) is 5.64. The second-order valence-corrected chi connectivity index (χ2v) is 9.00. The first kappa shape index (κ1) is 20.9. The van der Waals surface area contributed by atoms with Crippen LogP contribution in [0.25, 0.3) is 0 Å². The van der Waals surface area contributed by atoms with E-state index in [0.29, 0.717) is 28.0 Å². The van der Waals surface area contributed by atoms with Crippen molar-refractivity contribution in [3.8, 4) is 11.5 Å². The van der Waals surface area contributed by atoms with Gasteiger partial charge in [-0.2, -0.15) is 0 Å². The Balaban J connectivity index is 1.17. The van der Waals surface area contributed by atoms with Gasteiger partial charge < -0.3 is 14.8 Å². The van der Waals surface area contributed by atoms with Gasteiger partial charge in [-0.25, -0.2) is 4.39 Å². The van der Waals surface area contributed by atoms with Crippen LogP contribution in [0.3, 0.4) is 0 Å². The van der Waals surface area contributed by atoms with Crippen molar-refractivity contribution >= 4 is 34.9 Å². The van der Waals surface area contributed by atoms with E-state index >= 15 is 0 Å². The van der Waals surface area contributed by atoms with Crippen molar-refractivity contribution in [1.82, 2.24) is 5.32 Å². The summed E-state index contributed by atoms with van der Waals surface area (Å²) in [5.41, 5.74) is -0.267. The third kappa shape index (κ3) is 4.55. The highest BCUT2D eigenvalue weighted by molar-refractivity contribution is 6.42. The van der Waals surface area contributed by atoms with Crippen molar-refractivity contribution in [3.63, 3.8) is 0 Å². The zero-order valence-corrected chi connectivity index (χ0v) is 17.6. The lowest BCUT2D eigenvalue weighted by Gasteiger charge is -2.70. The first-order valence-electron chi connectivity index (χ1n) is 9.56. The normalized spacial score (nSPS) is 23.7. The van der Waals surface area contributed by atoms with E-state index < -0.39 is 0 Å². The maximum Gasteiger partial charge on any atom is 0.258 e. The Morgan fingerprint density at radius 1 is 0.933 bits per heavy atom. The summed E-state index contributed by atoms with van der Waals surface area (Å²) in [7, 11) is 0. The van der Waals surface area contributed by atoms with Gasteiger partial charge in [0, 0.05) is 18.0 Å². The van der Waals surface area contributed by atoms with Crippen LogP contribution in [-0.4, -0.2) is 30.4 Å². The Bertz CT molecular complexity index is 960. The minimum absolute atomic E-state index is 0.00176. The summed E-state index contributed by atoms with van der Waals surface area (Å²) in [6.45, 7) is -0.151. The number of halogens is 3. The zero-order chi connectivity index (χ0) is 21.4. The molecule has 2 bridgehead atoms. The van der Waals surface area contributed by atoms with Gasteiger partial charge >= 0.3 is 0 Å². The average molecular weight is 452 g/mol. The number of carbonyl (C=O) groups excluding carboxylic acids is 2. The van der Waals surface area contributed by atoms with Crippen molar-refractivity contribution in [2.24, 2.45) is 5.41 Å². The van der Waals surface area contributed by atoms with Crippen molar-refractivity contribution in [2.75, 3.05) is 13.2 Å². The molecule has 0 radical (unpaired) electrons. The van der Waals surface area contributed by atoms with Crippen LogP contribution in [0.15, 0.2) is 42.5 Å². The van der Waals surface area contributed by atoms with Crippen LogP contribution in [-0.2, 0) is 9.59 Å². The SMILES string of the molecule is O=C(COc1ccc(F)cc1)CC12CC(NC(=O)COc3ccc(Cl)c(Cl)c3)(C1)C2. The van der Waals surface area contributed by atoms with Crippen molar-refractivity contribution < 1.29 is 23.5 Å². The molecular formula is C22H20Cl2FNO4. The van der Waals surface area contributed by atoms with Gasteiger partial charge in [-0.1, -0.05) is 23.2 Å². The zero-order valence-electron chi connectivity index (χ0n) is 16.1. The summed E-state index contributed by atoms with van der Waals surface area (Å²) >= 11 is 11.8. The molecule has 0 aromatic heterocycles. The van der Waals surface area contributed by atoms with Gasteiger partial charge in [0.2, 0.25) is 0 Å². The Morgan fingerprint density at radius 3 is 2.23 bits per heavy atom. The Hall–Kier alpha value is -2.31. The fourth-order valence-corrected chi connectivity index (χ4v) is 4.82. The number of hydrogen-bond acceptors (Lipinski definition) is 4. The monoisotopic (exact) mass is 451 g/mol. The van der Waals surface area contributed by atoms with E-state index in [0.717, 1.165) is 19.3 Å². The van der Waals surface area contributed by atoms with Crippen LogP contribution in [0, 0.1) is 11.2 Å². The summed E-state index contributed by atoms with van der Waals surface area (Å²) in [6.07, 6.45) is 2.76. The second-order valence-electron chi connectivity index (χ2n) is 8.18. The number of ether oxygens (including phenoxy) is 2. The predicted molar refractivity (Wildman–Crippen MR) is 111 cm³/mol. The first-order valence-corrected chi connectivity index (χ1v) is 10.3. The largest absolute Gasteiger partial charge is 0.486 e. The van der Waals surface area contributed by atoms with Gasteiger partial charge in [-0.05, 0) is 61.1 Å². The van der Waals surface area contributed by atoms with E-state index in [-0.39, 0.29) is 41.7 Å². The Morgan fingerprint density at radius 2 is 1.57 bits per heavy atom. The lowest BCUT2D eigenvalue weighted by Crippen LogP contribution is -2.75. The molecule has 0 saturated heterocycles. The number of carbonyl (C=O) groups is 2. The third-order valence-electron chi connectivity index (χ3n) is 5.59. The highest BCUT2D eigenvalue weighted by Gasteiger charge is 2.68. The van der Waals surface area contributed by atoms with Crippen molar-refractivity contribution in [1.29, 1.82) is 0 Å². The lowest BCUT2D eigenvalue weighted by molar-refractivity contribution is -0.173. The average Bonchev–Trinajstić information content (AvgIpc) is 2.66. The summed E-state index contributed by atoms with van der Waals surface area (Å²) in [5, 5.41) is 3.80. The molecule has 0 heterocycles. The number of Topliss-reactive ketones (excluding diaryl/α,β-unsaturated/α-hetero) is 1. The molecule has 0 spiro atoms. The van der Waals surface area contributed by atoms with Crippen LogP contribution < -0.4 is 14.8 Å². The predicted octanol–water partition coefficient (Wildman–Crippen LogP) is 4.59. The lowest BCUT2D eigenvalue weighted by atomic mass is 9.38. The second kappa shape index (κ2) is 8.08. The molecule has 3 aliphatic rings. The molecule has 0 atom stereocenters. The summed E-state index contributed by atoms with van der Waals surface area (Å²) in [4.78, 5) is 24.4. The highest BCUT2D eigenvalue weighted by atomic mass is 35.5. The quantitative estimate of drug-likeness (QED) is 0.605. The van der Waals surface area contributed by atoms with Crippen LogP contribution in [0.1, 0.15) is 25.7 Å². The third-order valence-corrected chi connectivity index (χ3v) is 6.33. The van der Waals surface area contributed by atoms with E-state index in [1.54, 1.807) is 18.2 Å². The fraction of sp³-hybridized carbons (Fsp3) is 0.364. The number of ketones is 1. The maximum absolute atomic E-state index is 12.9. The highest BCUT2D eigenvalue weighted by Crippen LogP contribution is 2.68. The molecular weight excluding hydrogens is 432 g/mol. The molecule has 158 valence electrons. The molecule has 5 rings (SSSR count). The Labute approximate surface area is 183 Å². The van der Waals surface area contributed by atoms with E-state index in [2.05, 4.69) is 5.32 Å². The van der Waals surface area contributed by atoms with Gasteiger partial charge in [0.1, 0.15) is 23.9 Å². The number of benzene rings is 2. The molecule has 5 nitrogen and oxygen atoms in total. The molecule has 30 heavy (non-hydrogen) atoms. The van der Waals surface area contributed by atoms with E-state index in [4.69, 9.17) is 32.7 Å². The summed E-state index contributed by atoms with van der Waals surface area (Å²) < 4.78 is 23.8. The molecule has 2 aromatic rings. The molecule has 0 aliphatic heterocycles. The number of hydrogen-bond donors (Lipinski definition) is 1. The molecule has 8 heteroatoms. The van der Waals surface area contributed by atoms with E-state index in [1.807, 2.05) is 0 Å². The van der Waals surface area contributed by atoms with Gasteiger partial charge in [0.25, 0.3) is 5.91 Å². The molecule has 1 N–H and O–H groups in total. The standard InChI is InChI=1S/C22H20Cl2FNO4/c23-18-6-5-17(7-19(18)24)30-10-20(28)26-22-11-21(12-22,13-22)8-15(27)9-29-16-3-1-14(25)2-4-16/h1-7H,8-13H2,(H,26,28). The van der Waals surface area contributed by atoms with Crippen LogP contribution in [0.4, 0.5) is 4.39 Å². The summed E-state index contributed by atoms with van der Waals surface area (Å²) in [6, 6.07) is 10.4. The summed E-state index contributed by atoms with van der Waals surface area (Å²) in [5.74, 6) is 0.382. The van der Waals surface area contributed by atoms with Crippen LogP contribution in [0.2, 0.25) is 10.0 Å². The number of nitrogens with one attached hydrogen (secondary N) is 1. The van der Waals surface area contributed by atoms with Gasteiger partial charge in [0.05, 0.1) is 10.0 Å². The van der Waals surface area contributed by atoms with Crippen molar-refractivity contribution in [2.45, 2.75) is 31.2 Å². The van der Waals surface area contributed by atoms with Crippen LogP contribution >= 0.6 is 23.2 Å². The fourth-order valence-electron chi connectivity index (χ4n) is 4.53. The molecule has 3 saturated carbocycles. The maximum atomic E-state index is 12.9. The molecule has 0 unspecified atom stereocenters. The minimum atomic E-state index is -0.350. The number of amides is 1. The van der Waals surface area contributed by atoms with Gasteiger partial charge in [0.15, 0.2) is 12.4 Å². The molecule has 2 aromatic carbocycles. The van der Waals surface area contributed by atoms with E-state index in [9.17, 15) is 14.0 Å². The minimum Gasteiger partial charge on any atom is -0.486 e. The molecule has 3 aliphatic carbocycles. The first-order chi connectivity index (χ1) is 14.3. The van der Waals surface area contributed by atoms with E-state index in [1.165, 1.54) is 24.3 Å². The van der Waals surface area contributed by atoms with Gasteiger partial charge in [-0.15, -0.1) is 0 Å². The van der Waals surface area contributed by atoms with Crippen molar-refractivity contribution in [3.05, 3.63) is 58.3 Å². The van der Waals surface area contributed by atoms with Crippen LogP contribution in [0.5, 0.6) is 11.5 Å². The molecule has 3 fully saturated rings.